The fraction of sp³-hybridized carbons (Fsp3) is 0.742. The number of rotatable bonds is 43. The molecule has 1 aromatic carbocycles. The van der Waals surface area contributed by atoms with Crippen molar-refractivity contribution in [2.75, 3.05) is 80.2 Å². The van der Waals surface area contributed by atoms with Crippen LogP contribution in [-0.2, 0) is 71.7 Å². The number of ether oxygens (including phenoxy) is 4. The fourth-order valence-corrected chi connectivity index (χ4v) is 12.3. The van der Waals surface area contributed by atoms with E-state index in [-0.39, 0.29) is 150 Å². The molecule has 12 atom stereocenters. The van der Waals surface area contributed by atoms with Crippen molar-refractivity contribution in [1.82, 2.24) is 30.4 Å². The van der Waals surface area contributed by atoms with Crippen molar-refractivity contribution in [3.8, 4) is 0 Å². The SMILES string of the molecule is CCC(C)[C@@H]([C@@H](CC(=O)N1CCC[C@H]1[C@H](OC)[C@@H](C)C(=O)C[C@H](C)[C@@H](O)c1ccc(NC(=O)[C@H](CCCNC(N)=O)CC(=O)[C@@H](NC(=O)CCOCCOCCC(=O)ON2C(=O)CCC2=O)C(C)C)cc1)OC)N(C)C(=O)[C@@H](CC(=O)[C@H](C(C)C)N(C)C)C(C)C. The molecule has 2 aliphatic heterocycles. The molecule has 514 valence electrons. The Morgan fingerprint density at radius 1 is 0.736 bits per heavy atom. The highest BCUT2D eigenvalue weighted by atomic mass is 16.7. The summed E-state index contributed by atoms with van der Waals surface area (Å²) in [5, 5.41) is 20.2. The van der Waals surface area contributed by atoms with E-state index in [1.807, 2.05) is 60.5 Å². The monoisotopic (exact) mass is 1280 g/mol. The van der Waals surface area contributed by atoms with Crippen molar-refractivity contribution in [3.05, 3.63) is 29.8 Å². The number of carbonyl (C=O) groups is 11. The second-order valence-corrected chi connectivity index (χ2v) is 25.8. The minimum Gasteiger partial charge on any atom is -0.388 e. The Bertz CT molecular complexity index is 2540. The van der Waals surface area contributed by atoms with Gasteiger partial charge in [-0.2, -0.15) is 0 Å². The van der Waals surface area contributed by atoms with Crippen LogP contribution in [0.1, 0.15) is 164 Å². The lowest BCUT2D eigenvalue weighted by Gasteiger charge is -2.41. The first-order chi connectivity index (χ1) is 42.9. The fourth-order valence-electron chi connectivity index (χ4n) is 12.3. The van der Waals surface area contributed by atoms with Crippen LogP contribution in [-0.4, -0.2) is 201 Å². The third-order valence-electron chi connectivity index (χ3n) is 17.7. The number of anilines is 1. The number of hydroxylamine groups is 2. The van der Waals surface area contributed by atoms with E-state index in [4.69, 9.17) is 29.5 Å². The number of aliphatic hydroxyl groups is 1. The van der Waals surface area contributed by atoms with Crippen LogP contribution in [0, 0.1) is 47.3 Å². The number of carbonyl (C=O) groups excluding carboxylic acids is 11. The predicted molar refractivity (Wildman–Crippen MR) is 340 cm³/mol. The number of ketones is 3. The largest absolute Gasteiger partial charge is 0.388 e. The summed E-state index contributed by atoms with van der Waals surface area (Å²) in [6.07, 6.45) is -0.443. The minimum atomic E-state index is -1.08. The van der Waals surface area contributed by atoms with E-state index >= 15 is 0 Å². The third kappa shape index (κ3) is 24.6. The molecule has 91 heavy (non-hydrogen) atoms. The van der Waals surface area contributed by atoms with Crippen molar-refractivity contribution in [2.24, 2.45) is 53.1 Å². The Labute approximate surface area is 538 Å². The zero-order chi connectivity index (χ0) is 68.4. The molecule has 0 radical (unpaired) electrons. The van der Waals surface area contributed by atoms with E-state index in [0.29, 0.717) is 48.5 Å². The number of urea groups is 1. The topological polar surface area (TPSA) is 329 Å². The first-order valence-electron chi connectivity index (χ1n) is 32.4. The number of benzene rings is 1. The Morgan fingerprint density at radius 3 is 1.89 bits per heavy atom. The molecule has 0 aromatic heterocycles. The zero-order valence-electron chi connectivity index (χ0n) is 56.8. The van der Waals surface area contributed by atoms with Crippen molar-refractivity contribution in [2.45, 2.75) is 195 Å². The van der Waals surface area contributed by atoms with Gasteiger partial charge in [-0.3, -0.25) is 48.1 Å². The Balaban J connectivity index is 1.62. The molecule has 25 heteroatoms. The molecule has 1 aromatic rings. The highest BCUT2D eigenvalue weighted by Crippen LogP contribution is 2.34. The number of likely N-dealkylation sites (N-methyl/N-ethyl adjacent to an activating group) is 2. The highest BCUT2D eigenvalue weighted by molar-refractivity contribution is 6.01. The summed E-state index contributed by atoms with van der Waals surface area (Å²) in [5.41, 5.74) is 6.12. The lowest BCUT2D eigenvalue weighted by molar-refractivity contribution is -0.198. The van der Waals surface area contributed by atoms with Gasteiger partial charge >= 0.3 is 12.0 Å². The summed E-state index contributed by atoms with van der Waals surface area (Å²) in [6.45, 7) is 19.7. The van der Waals surface area contributed by atoms with Crippen LogP contribution in [0.2, 0.25) is 0 Å². The maximum atomic E-state index is 14.5. The molecule has 1 unspecified atom stereocenters. The van der Waals surface area contributed by atoms with Gasteiger partial charge in [-0.1, -0.05) is 87.8 Å². The number of hydrogen-bond donors (Lipinski definition) is 5. The van der Waals surface area contributed by atoms with Gasteiger partial charge in [0, 0.05) is 96.3 Å². The Hall–Kier alpha value is -6.25. The molecule has 0 spiro atoms. The highest BCUT2D eigenvalue weighted by Gasteiger charge is 2.44. The zero-order valence-corrected chi connectivity index (χ0v) is 56.8. The Morgan fingerprint density at radius 2 is 1.35 bits per heavy atom. The summed E-state index contributed by atoms with van der Waals surface area (Å²) in [5.74, 6) is -6.94. The standard InChI is InChI=1S/C66H108N8O17/c1-16-42(8)61(72(13)65(85)48(39(2)3)37-52(77)60(41(6)7)71(11)12)53(87-14)38-57(81)73-30-18-20-49(73)63(88-15)44(10)50(75)35-43(9)62(83)45-21-23-47(24-22-45)69-64(84)46(19-17-29-68-66(67)86)36-51(76)59(40(4)5)70-54(78)27-31-89-33-34-90-32-28-58(82)91-74-55(79)25-26-56(74)80/h21-24,39-44,46,48-49,53,59-63,83H,16-20,25-38H2,1-15H3,(H,69,84)(H,70,78)(H3,67,68,86)/t42?,43-,44-,46+,48-,49-,53+,59-,60-,61-,62+,63+/m0/s1. The molecule has 2 aliphatic rings. The number of nitrogens with zero attached hydrogens (tertiary/aromatic N) is 4. The number of nitrogens with one attached hydrogen (secondary N) is 3. The average Bonchev–Trinajstić information content (AvgIpc) is 1.82. The van der Waals surface area contributed by atoms with E-state index in [0.717, 1.165) is 0 Å². The number of nitrogens with two attached hydrogens (primary N) is 1. The number of methoxy groups -OCH3 is 2. The molecule has 0 saturated carbocycles. The van der Waals surface area contributed by atoms with Gasteiger partial charge in [-0.25, -0.2) is 9.59 Å². The quantitative estimate of drug-likeness (QED) is 0.0394. The van der Waals surface area contributed by atoms with E-state index < -0.39 is 95.7 Å². The molecule has 25 nitrogen and oxygen atoms in total. The first-order valence-corrected chi connectivity index (χ1v) is 32.4. The van der Waals surface area contributed by atoms with Gasteiger partial charge in [0.15, 0.2) is 11.6 Å². The molecule has 2 fully saturated rings. The summed E-state index contributed by atoms with van der Waals surface area (Å²) in [4.78, 5) is 154. The molecular weight excluding hydrogens is 1180 g/mol. The maximum Gasteiger partial charge on any atom is 0.335 e. The number of imide groups is 1. The van der Waals surface area contributed by atoms with Crippen molar-refractivity contribution >= 4 is 70.5 Å². The van der Waals surface area contributed by atoms with Gasteiger partial charge in [0.2, 0.25) is 23.6 Å². The Kier molecular flexibility index (Phi) is 34.1. The predicted octanol–water partition coefficient (Wildman–Crippen LogP) is 5.58. The summed E-state index contributed by atoms with van der Waals surface area (Å²) in [6, 6.07) is 3.56. The molecular formula is C66H108N8O17. The number of amides is 8. The molecule has 0 aliphatic carbocycles. The van der Waals surface area contributed by atoms with E-state index in [2.05, 4.69) is 16.0 Å². The average molecular weight is 1290 g/mol. The van der Waals surface area contributed by atoms with Gasteiger partial charge in [-0.05, 0) is 87.1 Å². The van der Waals surface area contributed by atoms with Crippen LogP contribution in [0.25, 0.3) is 0 Å². The number of Topliss-reactive ketones (excluding diaryl/α,β-unsaturated/α-hetero) is 3. The van der Waals surface area contributed by atoms with Crippen molar-refractivity contribution in [1.29, 1.82) is 0 Å². The van der Waals surface area contributed by atoms with Gasteiger partial charge in [-0.15, -0.1) is 5.06 Å². The lowest BCUT2D eigenvalue weighted by Crippen LogP contribution is -2.54. The number of hydrogen-bond acceptors (Lipinski definition) is 18. The van der Waals surface area contributed by atoms with Gasteiger partial charge in [0.1, 0.15) is 5.78 Å². The van der Waals surface area contributed by atoms with Gasteiger partial charge in [0.05, 0.1) is 81.7 Å². The lowest BCUT2D eigenvalue weighted by atomic mass is 9.83. The second-order valence-electron chi connectivity index (χ2n) is 25.8. The molecule has 2 saturated heterocycles. The second kappa shape index (κ2) is 39.3. The number of primary amides is 1. The smallest absolute Gasteiger partial charge is 0.335 e. The van der Waals surface area contributed by atoms with E-state index in [9.17, 15) is 57.8 Å². The summed E-state index contributed by atoms with van der Waals surface area (Å²) < 4.78 is 23.0. The van der Waals surface area contributed by atoms with Crippen LogP contribution >= 0.6 is 0 Å². The van der Waals surface area contributed by atoms with Crippen molar-refractivity contribution < 1.29 is 81.6 Å². The van der Waals surface area contributed by atoms with Crippen molar-refractivity contribution in [3.63, 3.8) is 0 Å². The van der Waals surface area contributed by atoms with Crippen LogP contribution in [0.3, 0.4) is 0 Å². The molecule has 6 N–H and O–H groups in total. The van der Waals surface area contributed by atoms with Crippen LogP contribution in [0.15, 0.2) is 24.3 Å². The third-order valence-corrected chi connectivity index (χ3v) is 17.7. The normalized spacial score (nSPS) is 18.0. The molecule has 8 amide bonds. The van der Waals surface area contributed by atoms with Gasteiger partial charge in [0.25, 0.3) is 11.8 Å². The van der Waals surface area contributed by atoms with Crippen LogP contribution in [0.5, 0.6) is 0 Å². The number of likely N-dealkylation sites (tertiary alicyclic amines) is 1. The number of aliphatic hydroxyl groups excluding tert-OH is 1. The molecule has 2 heterocycles. The van der Waals surface area contributed by atoms with E-state index in [1.165, 1.54) is 7.11 Å². The molecule has 3 rings (SSSR count). The maximum absolute atomic E-state index is 14.5. The summed E-state index contributed by atoms with van der Waals surface area (Å²) in [7, 11) is 8.56. The first kappa shape index (κ1) is 79.0. The van der Waals surface area contributed by atoms with Gasteiger partial charge < -0.3 is 60.4 Å². The minimum absolute atomic E-state index is 0.00880. The van der Waals surface area contributed by atoms with E-state index in [1.54, 1.807) is 75.9 Å². The molecule has 0 bridgehead atoms. The van der Waals surface area contributed by atoms with Crippen LogP contribution < -0.4 is 21.7 Å². The summed E-state index contributed by atoms with van der Waals surface area (Å²) >= 11 is 0. The van der Waals surface area contributed by atoms with Crippen LogP contribution in [0.4, 0.5) is 10.5 Å².